The summed E-state index contributed by atoms with van der Waals surface area (Å²) in [6.45, 7) is 2.74. The molecule has 0 spiro atoms. The molecule has 0 unspecified atom stereocenters. The van der Waals surface area contributed by atoms with Crippen molar-refractivity contribution in [3.8, 4) is 11.5 Å². The van der Waals surface area contributed by atoms with Gasteiger partial charge in [0.2, 0.25) is 5.91 Å². The molecule has 0 atom stereocenters. The lowest BCUT2D eigenvalue weighted by Crippen LogP contribution is -2.41. The molecule has 6 nitrogen and oxygen atoms in total. The van der Waals surface area contributed by atoms with E-state index < -0.39 is 0 Å². The van der Waals surface area contributed by atoms with Crippen LogP contribution in [-0.4, -0.2) is 25.0 Å². The van der Waals surface area contributed by atoms with Gasteiger partial charge in [-0.05, 0) is 68.3 Å². The van der Waals surface area contributed by atoms with Gasteiger partial charge in [0.1, 0.15) is 11.5 Å². The van der Waals surface area contributed by atoms with Crippen molar-refractivity contribution in [2.75, 3.05) is 23.3 Å². The lowest BCUT2D eigenvalue weighted by Gasteiger charge is -2.24. The number of nitrogens with zero attached hydrogens (tertiary/aromatic N) is 1. The van der Waals surface area contributed by atoms with E-state index in [0.29, 0.717) is 18.8 Å². The second-order valence-corrected chi connectivity index (χ2v) is 7.92. The first-order valence-electron chi connectivity index (χ1n) is 10.8. The third kappa shape index (κ3) is 5.88. The predicted molar refractivity (Wildman–Crippen MR) is 126 cm³/mol. The van der Waals surface area contributed by atoms with Crippen molar-refractivity contribution in [2.24, 2.45) is 5.92 Å². The summed E-state index contributed by atoms with van der Waals surface area (Å²) in [4.78, 5) is 26.7. The first-order chi connectivity index (χ1) is 15.6. The summed E-state index contributed by atoms with van der Waals surface area (Å²) in [7, 11) is 0. The second kappa shape index (κ2) is 10.0. The maximum Gasteiger partial charge on any atom is 0.326 e. The number of rotatable bonds is 8. The van der Waals surface area contributed by atoms with Crippen molar-refractivity contribution in [2.45, 2.75) is 19.8 Å². The van der Waals surface area contributed by atoms with Crippen LogP contribution in [0.1, 0.15) is 18.4 Å². The van der Waals surface area contributed by atoms with Crippen LogP contribution < -0.4 is 20.3 Å². The minimum absolute atomic E-state index is 0.0653. The Hall–Kier alpha value is -3.80. The third-order valence-corrected chi connectivity index (χ3v) is 5.26. The van der Waals surface area contributed by atoms with Gasteiger partial charge >= 0.3 is 6.03 Å². The summed E-state index contributed by atoms with van der Waals surface area (Å²) >= 11 is 0. The Bertz CT molecular complexity index is 1050. The Balaban J connectivity index is 1.45. The zero-order valence-corrected chi connectivity index (χ0v) is 18.1. The van der Waals surface area contributed by atoms with Crippen LogP contribution >= 0.6 is 0 Å². The molecule has 0 saturated heterocycles. The van der Waals surface area contributed by atoms with Gasteiger partial charge in [-0.1, -0.05) is 35.9 Å². The number of anilines is 2. The molecule has 1 aliphatic carbocycles. The van der Waals surface area contributed by atoms with Gasteiger partial charge in [0.05, 0.1) is 0 Å². The molecule has 4 rings (SSSR count). The molecule has 0 heterocycles. The molecule has 2 N–H and O–H groups in total. The van der Waals surface area contributed by atoms with E-state index in [1.807, 2.05) is 85.8 Å². The number of amides is 3. The number of hydrogen-bond donors (Lipinski definition) is 2. The molecule has 0 radical (unpaired) electrons. The number of aryl methyl sites for hydroxylation is 1. The molecular weight excluding hydrogens is 402 g/mol. The standard InChI is InChI=1S/C26H27N3O3/c1-19-7-11-21(12-8-19)28-26(31)29(18-17-27-25(30)20-9-10-20)22-13-15-24(16-14-22)32-23-5-3-2-4-6-23/h2-8,11-16,20H,9-10,17-18H2,1H3,(H,27,30)(H,28,31). The second-order valence-electron chi connectivity index (χ2n) is 7.92. The van der Waals surface area contributed by atoms with E-state index in [1.54, 1.807) is 4.90 Å². The summed E-state index contributed by atoms with van der Waals surface area (Å²) in [5.74, 6) is 1.63. The summed E-state index contributed by atoms with van der Waals surface area (Å²) in [5, 5.41) is 5.87. The highest BCUT2D eigenvalue weighted by Gasteiger charge is 2.29. The lowest BCUT2D eigenvalue weighted by molar-refractivity contribution is -0.122. The van der Waals surface area contributed by atoms with E-state index in [0.717, 1.165) is 35.5 Å². The SMILES string of the molecule is Cc1ccc(NC(=O)N(CCNC(=O)C2CC2)c2ccc(Oc3ccccc3)cc2)cc1. The molecular formula is C26H27N3O3. The van der Waals surface area contributed by atoms with Gasteiger partial charge in [-0.2, -0.15) is 0 Å². The van der Waals surface area contributed by atoms with E-state index in [1.165, 1.54) is 0 Å². The number of para-hydroxylation sites is 1. The van der Waals surface area contributed by atoms with Crippen molar-refractivity contribution >= 4 is 23.3 Å². The Labute approximate surface area is 188 Å². The topological polar surface area (TPSA) is 70.7 Å². The maximum absolute atomic E-state index is 13.1. The molecule has 32 heavy (non-hydrogen) atoms. The van der Waals surface area contributed by atoms with Crippen LogP contribution in [0.25, 0.3) is 0 Å². The zero-order valence-electron chi connectivity index (χ0n) is 18.1. The van der Waals surface area contributed by atoms with Gasteiger partial charge < -0.3 is 15.4 Å². The number of hydrogen-bond acceptors (Lipinski definition) is 3. The average Bonchev–Trinajstić information content (AvgIpc) is 3.65. The fraction of sp³-hybridized carbons (Fsp3) is 0.231. The minimum Gasteiger partial charge on any atom is -0.457 e. The first-order valence-corrected chi connectivity index (χ1v) is 10.8. The van der Waals surface area contributed by atoms with Crippen LogP contribution in [0.15, 0.2) is 78.9 Å². The quantitative estimate of drug-likeness (QED) is 0.507. The third-order valence-electron chi connectivity index (χ3n) is 5.26. The van der Waals surface area contributed by atoms with Crippen LogP contribution in [0.3, 0.4) is 0 Å². The fourth-order valence-electron chi connectivity index (χ4n) is 3.28. The van der Waals surface area contributed by atoms with Crippen molar-refractivity contribution in [1.29, 1.82) is 0 Å². The van der Waals surface area contributed by atoms with Gasteiger partial charge in [-0.25, -0.2) is 4.79 Å². The Morgan fingerprint density at radius 1 is 0.906 bits per heavy atom. The smallest absolute Gasteiger partial charge is 0.326 e. The molecule has 6 heteroatoms. The van der Waals surface area contributed by atoms with E-state index in [4.69, 9.17) is 4.74 Å². The number of nitrogens with one attached hydrogen (secondary N) is 2. The largest absolute Gasteiger partial charge is 0.457 e. The minimum atomic E-state index is -0.258. The Morgan fingerprint density at radius 3 is 2.22 bits per heavy atom. The van der Waals surface area contributed by atoms with E-state index in [9.17, 15) is 9.59 Å². The molecule has 1 aliphatic rings. The summed E-state index contributed by atoms with van der Waals surface area (Å²) in [6, 6.07) is 24.3. The first kappa shape index (κ1) is 21.4. The Kier molecular flexibility index (Phi) is 6.70. The predicted octanol–water partition coefficient (Wildman–Crippen LogP) is 5.35. The summed E-state index contributed by atoms with van der Waals surface area (Å²) in [6.07, 6.45) is 1.90. The van der Waals surface area contributed by atoms with E-state index in [-0.39, 0.29) is 17.9 Å². The van der Waals surface area contributed by atoms with Crippen molar-refractivity contribution in [3.05, 3.63) is 84.4 Å². The molecule has 0 aromatic heterocycles. The Morgan fingerprint density at radius 2 is 1.56 bits per heavy atom. The molecule has 3 amide bonds. The highest BCUT2D eigenvalue weighted by atomic mass is 16.5. The number of benzene rings is 3. The van der Waals surface area contributed by atoms with Crippen molar-refractivity contribution in [1.82, 2.24) is 5.32 Å². The highest BCUT2D eigenvalue weighted by Crippen LogP contribution is 2.29. The van der Waals surface area contributed by atoms with Gasteiger partial charge in [0.25, 0.3) is 0 Å². The monoisotopic (exact) mass is 429 g/mol. The van der Waals surface area contributed by atoms with Crippen LogP contribution in [0, 0.1) is 12.8 Å². The zero-order chi connectivity index (χ0) is 22.3. The normalized spacial score (nSPS) is 12.7. The van der Waals surface area contributed by atoms with Gasteiger partial charge in [-0.15, -0.1) is 0 Å². The maximum atomic E-state index is 13.1. The molecule has 3 aromatic rings. The molecule has 0 aliphatic heterocycles. The number of carbonyl (C=O) groups excluding carboxylic acids is 2. The average molecular weight is 430 g/mol. The molecule has 1 fully saturated rings. The van der Waals surface area contributed by atoms with E-state index >= 15 is 0 Å². The number of urea groups is 1. The van der Waals surface area contributed by atoms with Gasteiger partial charge in [-0.3, -0.25) is 9.69 Å². The van der Waals surface area contributed by atoms with Crippen LogP contribution in [0.2, 0.25) is 0 Å². The van der Waals surface area contributed by atoms with Crippen LogP contribution in [0.4, 0.5) is 16.2 Å². The van der Waals surface area contributed by atoms with Crippen LogP contribution in [0.5, 0.6) is 11.5 Å². The fourth-order valence-corrected chi connectivity index (χ4v) is 3.28. The number of carbonyl (C=O) groups is 2. The highest BCUT2D eigenvalue weighted by molar-refractivity contribution is 6.01. The molecule has 164 valence electrons. The molecule has 3 aromatic carbocycles. The molecule has 0 bridgehead atoms. The van der Waals surface area contributed by atoms with Gasteiger partial charge in [0, 0.05) is 30.4 Å². The lowest BCUT2D eigenvalue weighted by atomic mass is 10.2. The van der Waals surface area contributed by atoms with E-state index in [2.05, 4.69) is 10.6 Å². The number of ether oxygens (including phenoxy) is 1. The molecule has 1 saturated carbocycles. The summed E-state index contributed by atoms with van der Waals surface area (Å²) in [5.41, 5.74) is 2.56. The summed E-state index contributed by atoms with van der Waals surface area (Å²) < 4.78 is 5.85. The van der Waals surface area contributed by atoms with Crippen molar-refractivity contribution < 1.29 is 14.3 Å². The van der Waals surface area contributed by atoms with Crippen LogP contribution in [-0.2, 0) is 4.79 Å². The van der Waals surface area contributed by atoms with Crippen molar-refractivity contribution in [3.63, 3.8) is 0 Å². The van der Waals surface area contributed by atoms with Gasteiger partial charge in [0.15, 0.2) is 0 Å².